The van der Waals surface area contributed by atoms with Crippen molar-refractivity contribution in [3.63, 3.8) is 0 Å². The fraction of sp³-hybridized carbons (Fsp3) is 0.360. The van der Waals surface area contributed by atoms with E-state index < -0.39 is 29.3 Å². The van der Waals surface area contributed by atoms with Gasteiger partial charge in [-0.1, -0.05) is 6.92 Å². The first kappa shape index (κ1) is 27.5. The number of methoxy groups -OCH3 is 2. The van der Waals surface area contributed by atoms with Gasteiger partial charge in [0.1, 0.15) is 16.4 Å². The number of carbonyl (C=O) groups excluding carboxylic acids is 3. The van der Waals surface area contributed by atoms with Crippen LogP contribution in [0.25, 0.3) is 0 Å². The Hall–Kier alpha value is -4.06. The molecular formula is C25H31N5O6S. The molecule has 37 heavy (non-hydrogen) atoms. The zero-order valence-corrected chi connectivity index (χ0v) is 22.4. The van der Waals surface area contributed by atoms with E-state index in [2.05, 4.69) is 9.69 Å². The largest absolute Gasteiger partial charge is 0.493 e. The van der Waals surface area contributed by atoms with E-state index in [-0.39, 0.29) is 22.0 Å². The smallest absolute Gasteiger partial charge is 0.273 e. The van der Waals surface area contributed by atoms with Crippen LogP contribution in [-0.2, 0) is 4.79 Å². The second kappa shape index (κ2) is 10.9. The predicted octanol–water partition coefficient (Wildman–Crippen LogP) is 3.44. The number of anilines is 2. The number of primary amides is 1. The second-order valence-electron chi connectivity index (χ2n) is 8.93. The van der Waals surface area contributed by atoms with Crippen molar-refractivity contribution >= 4 is 40.6 Å². The molecule has 0 bridgehead atoms. The van der Waals surface area contributed by atoms with Gasteiger partial charge in [-0.3, -0.25) is 19.3 Å². The number of rotatable bonds is 10. The molecule has 3 rings (SSSR count). The van der Waals surface area contributed by atoms with E-state index >= 15 is 0 Å². The normalized spacial score (nSPS) is 12.1. The lowest BCUT2D eigenvalue weighted by Crippen LogP contribution is -2.50. The van der Waals surface area contributed by atoms with Crippen LogP contribution in [0.3, 0.4) is 0 Å². The quantitative estimate of drug-likeness (QED) is 0.360. The summed E-state index contributed by atoms with van der Waals surface area (Å²) in [6.45, 7) is 7.42. The summed E-state index contributed by atoms with van der Waals surface area (Å²) < 4.78 is 20.6. The third kappa shape index (κ3) is 5.69. The van der Waals surface area contributed by atoms with Crippen LogP contribution >= 0.6 is 11.5 Å². The molecule has 0 radical (unpaired) electrons. The molecule has 3 amide bonds. The lowest BCUT2D eigenvalue weighted by Gasteiger charge is -2.33. The number of benzene rings is 1. The van der Waals surface area contributed by atoms with Crippen molar-refractivity contribution in [3.8, 4) is 11.5 Å². The molecule has 0 saturated heterocycles. The number of hydrogen-bond acceptors (Lipinski definition) is 9. The summed E-state index contributed by atoms with van der Waals surface area (Å²) in [7, 11) is 2.94. The lowest BCUT2D eigenvalue weighted by molar-refractivity contribution is -0.124. The van der Waals surface area contributed by atoms with Gasteiger partial charge >= 0.3 is 0 Å². The Morgan fingerprint density at radius 3 is 2.35 bits per heavy atom. The van der Waals surface area contributed by atoms with Gasteiger partial charge in [-0.05, 0) is 63.0 Å². The summed E-state index contributed by atoms with van der Waals surface area (Å²) >= 11 is 0.715. The van der Waals surface area contributed by atoms with E-state index in [4.69, 9.17) is 25.4 Å². The van der Waals surface area contributed by atoms with Gasteiger partial charge in [0.15, 0.2) is 23.2 Å². The molecule has 0 saturated carbocycles. The topological polar surface area (TPSA) is 163 Å². The maximum atomic E-state index is 14.1. The number of nitrogen functional groups attached to an aromatic ring is 1. The Morgan fingerprint density at radius 2 is 1.84 bits per heavy atom. The van der Waals surface area contributed by atoms with Gasteiger partial charge in [0.05, 0.1) is 19.9 Å². The number of nitrogens with one attached hydrogen (secondary N) is 1. The number of aryl methyl sites for hydroxylation is 1. The number of ether oxygens (including phenoxy) is 2. The Balaban J connectivity index is 2.27. The molecule has 0 unspecified atom stereocenters. The third-order valence-electron chi connectivity index (χ3n) is 5.90. The minimum Gasteiger partial charge on any atom is -0.493 e. The summed E-state index contributed by atoms with van der Waals surface area (Å²) in [6, 6.07) is 6.85. The minimum absolute atomic E-state index is 0.0561. The van der Waals surface area contributed by atoms with Gasteiger partial charge in [0.2, 0.25) is 0 Å². The van der Waals surface area contributed by atoms with E-state index in [1.807, 2.05) is 20.8 Å². The Bertz CT molecular complexity index is 1310. The average Bonchev–Trinajstić information content (AvgIpc) is 3.46. The molecule has 0 aliphatic carbocycles. The van der Waals surface area contributed by atoms with E-state index in [0.717, 1.165) is 0 Å². The molecule has 2 heterocycles. The van der Waals surface area contributed by atoms with Crippen LogP contribution in [-0.4, -0.2) is 41.9 Å². The van der Waals surface area contributed by atoms with Crippen molar-refractivity contribution in [3.05, 3.63) is 52.4 Å². The average molecular weight is 530 g/mol. The number of nitrogens with zero attached hydrogens (tertiary/aromatic N) is 2. The van der Waals surface area contributed by atoms with Crippen LogP contribution in [0.2, 0.25) is 0 Å². The molecular weight excluding hydrogens is 498 g/mol. The number of furan rings is 1. The van der Waals surface area contributed by atoms with E-state index in [9.17, 15) is 14.4 Å². The van der Waals surface area contributed by atoms with E-state index in [1.54, 1.807) is 37.3 Å². The molecule has 198 valence electrons. The van der Waals surface area contributed by atoms with Gasteiger partial charge in [-0.15, -0.1) is 0 Å². The molecule has 2 aromatic heterocycles. The first-order valence-electron chi connectivity index (χ1n) is 11.4. The standard InChI is InChI=1S/C25H31N5O6S/c1-7-25(3,4)28-23(32)20(16-10-8-13(2)36-16)30(14-9-11-15(34-5)17(12-14)35-6)24(33)21-18(26)19(22(27)31)29-37-21/h8-12,20H,7,26H2,1-6H3,(H2,27,31)(H,28,32)/t20-/m1/s1. The van der Waals surface area contributed by atoms with Crippen molar-refractivity contribution in [2.45, 2.75) is 45.7 Å². The zero-order valence-electron chi connectivity index (χ0n) is 21.6. The van der Waals surface area contributed by atoms with Crippen LogP contribution in [0.5, 0.6) is 11.5 Å². The molecule has 0 aliphatic rings. The van der Waals surface area contributed by atoms with Crippen molar-refractivity contribution in [1.29, 1.82) is 0 Å². The van der Waals surface area contributed by atoms with Gasteiger partial charge in [0, 0.05) is 17.3 Å². The minimum atomic E-state index is -1.25. The molecule has 3 aromatic rings. The third-order valence-corrected chi connectivity index (χ3v) is 6.75. The Labute approximate surface area is 218 Å². The molecule has 0 spiro atoms. The second-order valence-corrected chi connectivity index (χ2v) is 9.70. The van der Waals surface area contributed by atoms with Crippen LogP contribution < -0.4 is 31.2 Å². The number of amides is 3. The van der Waals surface area contributed by atoms with Gasteiger partial charge < -0.3 is 30.7 Å². The highest BCUT2D eigenvalue weighted by Gasteiger charge is 2.39. The predicted molar refractivity (Wildman–Crippen MR) is 140 cm³/mol. The molecule has 0 aliphatic heterocycles. The van der Waals surface area contributed by atoms with Crippen molar-refractivity contribution in [1.82, 2.24) is 9.69 Å². The van der Waals surface area contributed by atoms with E-state index in [0.29, 0.717) is 40.9 Å². The molecule has 12 heteroatoms. The fourth-order valence-corrected chi connectivity index (χ4v) is 4.30. The summed E-state index contributed by atoms with van der Waals surface area (Å²) in [6.07, 6.45) is 0.636. The van der Waals surface area contributed by atoms with Gasteiger partial charge in [0.25, 0.3) is 17.7 Å². The van der Waals surface area contributed by atoms with E-state index in [1.165, 1.54) is 19.1 Å². The summed E-state index contributed by atoms with van der Waals surface area (Å²) in [5.74, 6) is -0.503. The fourth-order valence-electron chi connectivity index (χ4n) is 3.56. The summed E-state index contributed by atoms with van der Waals surface area (Å²) in [5.41, 5.74) is 10.8. The van der Waals surface area contributed by atoms with Crippen molar-refractivity contribution in [2.24, 2.45) is 5.73 Å². The maximum Gasteiger partial charge on any atom is 0.273 e. The summed E-state index contributed by atoms with van der Waals surface area (Å²) in [5, 5.41) is 2.99. The van der Waals surface area contributed by atoms with Crippen LogP contribution in [0.15, 0.2) is 34.7 Å². The van der Waals surface area contributed by atoms with Gasteiger partial charge in [-0.2, -0.15) is 4.37 Å². The maximum absolute atomic E-state index is 14.1. The molecule has 5 N–H and O–H groups in total. The first-order chi connectivity index (χ1) is 17.4. The number of nitrogens with two attached hydrogens (primary N) is 2. The summed E-state index contributed by atoms with van der Waals surface area (Å²) in [4.78, 5) is 40.8. The first-order valence-corrected chi connectivity index (χ1v) is 12.2. The Kier molecular flexibility index (Phi) is 8.12. The molecule has 0 fully saturated rings. The number of hydrogen-bond donors (Lipinski definition) is 3. The van der Waals surface area contributed by atoms with Crippen LogP contribution in [0, 0.1) is 6.92 Å². The number of carbonyl (C=O) groups is 3. The lowest BCUT2D eigenvalue weighted by atomic mass is 10.0. The monoisotopic (exact) mass is 529 g/mol. The van der Waals surface area contributed by atoms with Gasteiger partial charge in [-0.25, -0.2) is 0 Å². The SMILES string of the molecule is CCC(C)(C)NC(=O)[C@@H](c1ccc(C)o1)N(C(=O)c1snc(C(N)=O)c1N)c1ccc(OC)c(OC)c1. The van der Waals surface area contributed by atoms with Crippen molar-refractivity contribution in [2.75, 3.05) is 24.9 Å². The highest BCUT2D eigenvalue weighted by molar-refractivity contribution is 7.09. The zero-order chi connectivity index (χ0) is 27.5. The van der Waals surface area contributed by atoms with Crippen molar-refractivity contribution < 1.29 is 28.3 Å². The Morgan fingerprint density at radius 1 is 1.16 bits per heavy atom. The number of aromatic nitrogens is 1. The molecule has 11 nitrogen and oxygen atoms in total. The highest BCUT2D eigenvalue weighted by Crippen LogP contribution is 2.38. The molecule has 1 aromatic carbocycles. The van der Waals surface area contributed by atoms with Crippen LogP contribution in [0.1, 0.15) is 64.9 Å². The van der Waals surface area contributed by atoms with Crippen LogP contribution in [0.4, 0.5) is 11.4 Å². The molecule has 1 atom stereocenters. The highest BCUT2D eigenvalue weighted by atomic mass is 32.1.